The smallest absolute Gasteiger partial charge is 0.252 e. The number of thiophene rings is 1. The second-order valence-electron chi connectivity index (χ2n) is 7.67. The summed E-state index contributed by atoms with van der Waals surface area (Å²) in [5.74, 6) is 0.212. The minimum atomic E-state index is -3.74. The molecular formula is C21H23ClN4O4S2. The van der Waals surface area contributed by atoms with E-state index in [9.17, 15) is 13.2 Å². The number of hydrogen-bond acceptors (Lipinski definition) is 7. The molecule has 1 fully saturated rings. The molecule has 0 spiro atoms. The highest BCUT2D eigenvalue weighted by atomic mass is 35.5. The highest BCUT2D eigenvalue weighted by Gasteiger charge is 2.34. The number of benzene rings is 1. The number of piperidine rings is 1. The standard InChI is InChI=1S/C21H23ClN4O4S2/c1-3-18-24-20(25-30-18)15-9-19(31-12-15)32(28,29)26-8-4-5-14(11-26)21(27)23-17-10-16(22)7-6-13(17)2/h6-7,9-10,12,14H,3-5,8,11H2,1-2H3,(H,23,27). The van der Waals surface area contributed by atoms with E-state index < -0.39 is 15.9 Å². The van der Waals surface area contributed by atoms with Crippen LogP contribution in [-0.2, 0) is 21.2 Å². The average molecular weight is 495 g/mol. The summed E-state index contributed by atoms with van der Waals surface area (Å²) in [5, 5.41) is 9.03. The Morgan fingerprint density at radius 3 is 2.94 bits per heavy atom. The molecule has 1 unspecified atom stereocenters. The molecule has 1 aromatic carbocycles. The van der Waals surface area contributed by atoms with Crippen LogP contribution in [0, 0.1) is 12.8 Å². The first kappa shape index (κ1) is 22.9. The molecule has 0 saturated carbocycles. The van der Waals surface area contributed by atoms with Crippen molar-refractivity contribution in [2.45, 2.75) is 37.3 Å². The fraction of sp³-hybridized carbons (Fsp3) is 0.381. The first-order chi connectivity index (χ1) is 15.3. The zero-order chi connectivity index (χ0) is 22.9. The van der Waals surface area contributed by atoms with Crippen molar-refractivity contribution in [2.75, 3.05) is 18.4 Å². The highest BCUT2D eigenvalue weighted by Crippen LogP contribution is 2.32. The predicted molar refractivity (Wildman–Crippen MR) is 123 cm³/mol. The minimum absolute atomic E-state index is 0.128. The molecule has 11 heteroatoms. The lowest BCUT2D eigenvalue weighted by atomic mass is 9.98. The molecule has 1 atom stereocenters. The van der Waals surface area contributed by atoms with Crippen molar-refractivity contribution in [3.63, 3.8) is 0 Å². The maximum Gasteiger partial charge on any atom is 0.252 e. The maximum atomic E-state index is 13.2. The first-order valence-corrected chi connectivity index (χ1v) is 13.0. The number of sulfonamides is 1. The Bertz CT molecular complexity index is 1240. The Labute approximate surface area is 195 Å². The molecule has 2 aromatic heterocycles. The molecule has 0 bridgehead atoms. The van der Waals surface area contributed by atoms with E-state index in [1.165, 1.54) is 4.31 Å². The summed E-state index contributed by atoms with van der Waals surface area (Å²) in [5.41, 5.74) is 2.12. The van der Waals surface area contributed by atoms with Crippen molar-refractivity contribution >= 4 is 44.6 Å². The lowest BCUT2D eigenvalue weighted by Gasteiger charge is -2.31. The van der Waals surface area contributed by atoms with Crippen molar-refractivity contribution in [3.05, 3.63) is 46.1 Å². The van der Waals surface area contributed by atoms with Crippen LogP contribution in [0.25, 0.3) is 11.4 Å². The fourth-order valence-corrected chi connectivity index (χ4v) is 6.56. The van der Waals surface area contributed by atoms with Gasteiger partial charge in [-0.15, -0.1) is 11.3 Å². The van der Waals surface area contributed by atoms with Gasteiger partial charge in [0.25, 0.3) is 10.0 Å². The normalized spacial score (nSPS) is 17.4. The number of rotatable bonds is 6. The molecule has 3 heterocycles. The molecule has 3 aromatic rings. The molecule has 1 aliphatic heterocycles. The van der Waals surface area contributed by atoms with Gasteiger partial charge in [0.1, 0.15) is 4.21 Å². The van der Waals surface area contributed by atoms with E-state index in [1.807, 2.05) is 19.9 Å². The molecule has 0 aliphatic carbocycles. The van der Waals surface area contributed by atoms with Gasteiger partial charge in [-0.3, -0.25) is 4.79 Å². The van der Waals surface area contributed by atoms with E-state index in [2.05, 4.69) is 15.5 Å². The van der Waals surface area contributed by atoms with E-state index in [0.29, 0.717) is 53.8 Å². The fourth-order valence-electron chi connectivity index (χ4n) is 3.55. The highest BCUT2D eigenvalue weighted by molar-refractivity contribution is 7.91. The van der Waals surface area contributed by atoms with E-state index in [4.69, 9.17) is 16.1 Å². The van der Waals surface area contributed by atoms with Crippen LogP contribution in [0.1, 0.15) is 31.2 Å². The van der Waals surface area contributed by atoms with E-state index >= 15 is 0 Å². The van der Waals surface area contributed by atoms with Crippen LogP contribution in [0.2, 0.25) is 5.02 Å². The van der Waals surface area contributed by atoms with Crippen molar-refractivity contribution in [2.24, 2.45) is 5.92 Å². The number of hydrogen-bond donors (Lipinski definition) is 1. The monoisotopic (exact) mass is 494 g/mol. The maximum absolute atomic E-state index is 13.2. The Kier molecular flexibility index (Phi) is 6.66. The second kappa shape index (κ2) is 9.30. The van der Waals surface area contributed by atoms with Crippen molar-refractivity contribution < 1.29 is 17.7 Å². The van der Waals surface area contributed by atoms with Crippen LogP contribution >= 0.6 is 22.9 Å². The van der Waals surface area contributed by atoms with Crippen molar-refractivity contribution in [1.29, 1.82) is 0 Å². The molecule has 1 amide bonds. The summed E-state index contributed by atoms with van der Waals surface area (Å²) >= 11 is 7.15. The Morgan fingerprint density at radius 2 is 2.19 bits per heavy atom. The van der Waals surface area contributed by atoms with Gasteiger partial charge in [0.15, 0.2) is 0 Å². The SMILES string of the molecule is CCc1nc(-c2csc(S(=O)(=O)N3CCCC(C(=O)Nc4cc(Cl)ccc4C)C3)c2)no1. The quantitative estimate of drug-likeness (QED) is 0.545. The largest absolute Gasteiger partial charge is 0.339 e. The van der Waals surface area contributed by atoms with Gasteiger partial charge >= 0.3 is 0 Å². The Balaban J connectivity index is 1.48. The zero-order valence-electron chi connectivity index (χ0n) is 17.7. The van der Waals surface area contributed by atoms with E-state index in [1.54, 1.807) is 23.6 Å². The summed E-state index contributed by atoms with van der Waals surface area (Å²) in [6.07, 6.45) is 1.83. The van der Waals surface area contributed by atoms with Gasteiger partial charge in [-0.05, 0) is 43.5 Å². The third-order valence-corrected chi connectivity index (χ3v) is 8.93. The summed E-state index contributed by atoms with van der Waals surface area (Å²) in [6.45, 7) is 4.28. The summed E-state index contributed by atoms with van der Waals surface area (Å²) in [6, 6.07) is 6.84. The minimum Gasteiger partial charge on any atom is -0.339 e. The predicted octanol–water partition coefficient (Wildman–Crippen LogP) is 4.36. The number of carbonyl (C=O) groups is 1. The third kappa shape index (κ3) is 4.73. The van der Waals surface area contributed by atoms with Gasteiger partial charge in [0.2, 0.25) is 17.6 Å². The van der Waals surface area contributed by atoms with E-state index in [-0.39, 0.29) is 16.7 Å². The van der Waals surface area contributed by atoms with E-state index in [0.717, 1.165) is 16.9 Å². The number of halogens is 1. The molecule has 1 N–H and O–H groups in total. The average Bonchev–Trinajstić information content (AvgIpc) is 3.46. The van der Waals surface area contributed by atoms with Crippen LogP contribution in [0.3, 0.4) is 0 Å². The van der Waals surface area contributed by atoms with Gasteiger partial charge in [-0.25, -0.2) is 8.42 Å². The number of nitrogens with one attached hydrogen (secondary N) is 1. The first-order valence-electron chi connectivity index (χ1n) is 10.3. The molecule has 1 aliphatic rings. The number of carbonyl (C=O) groups excluding carboxylic acids is 1. The van der Waals surface area contributed by atoms with Crippen LogP contribution in [-0.4, -0.2) is 41.9 Å². The summed E-state index contributed by atoms with van der Waals surface area (Å²) in [4.78, 5) is 17.1. The van der Waals surface area contributed by atoms with Crippen molar-refractivity contribution in [1.82, 2.24) is 14.4 Å². The Hall–Kier alpha value is -2.27. The lowest BCUT2D eigenvalue weighted by molar-refractivity contribution is -0.120. The molecule has 8 nitrogen and oxygen atoms in total. The molecule has 1 saturated heterocycles. The van der Waals surface area contributed by atoms with Gasteiger partial charge in [0, 0.05) is 41.2 Å². The Morgan fingerprint density at radius 1 is 1.38 bits per heavy atom. The number of aryl methyl sites for hydroxylation is 2. The van der Waals surface area contributed by atoms with Gasteiger partial charge in [-0.2, -0.15) is 9.29 Å². The van der Waals surface area contributed by atoms with Gasteiger partial charge in [0.05, 0.1) is 5.92 Å². The van der Waals surface area contributed by atoms with Crippen LogP contribution < -0.4 is 5.32 Å². The molecule has 4 rings (SSSR count). The molecular weight excluding hydrogens is 472 g/mol. The van der Waals surface area contributed by atoms with Crippen LogP contribution in [0.5, 0.6) is 0 Å². The molecule has 32 heavy (non-hydrogen) atoms. The second-order valence-corrected chi connectivity index (χ2v) is 11.2. The number of nitrogens with zero attached hydrogens (tertiary/aromatic N) is 3. The zero-order valence-corrected chi connectivity index (χ0v) is 20.1. The van der Waals surface area contributed by atoms with Crippen LogP contribution in [0.4, 0.5) is 5.69 Å². The molecule has 0 radical (unpaired) electrons. The lowest BCUT2D eigenvalue weighted by Crippen LogP contribution is -2.43. The number of anilines is 1. The van der Waals surface area contributed by atoms with Crippen molar-refractivity contribution in [3.8, 4) is 11.4 Å². The number of amides is 1. The summed E-state index contributed by atoms with van der Waals surface area (Å²) < 4.78 is 33.2. The van der Waals surface area contributed by atoms with Gasteiger partial charge < -0.3 is 9.84 Å². The van der Waals surface area contributed by atoms with Crippen LogP contribution in [0.15, 0.2) is 38.4 Å². The topological polar surface area (TPSA) is 105 Å². The number of aromatic nitrogens is 2. The van der Waals surface area contributed by atoms with Gasteiger partial charge in [-0.1, -0.05) is 29.7 Å². The molecule has 170 valence electrons. The summed E-state index contributed by atoms with van der Waals surface area (Å²) in [7, 11) is -3.74. The third-order valence-electron chi connectivity index (χ3n) is 5.41.